The van der Waals surface area contributed by atoms with Gasteiger partial charge in [0.1, 0.15) is 0 Å². The monoisotopic (exact) mass is 326 g/mol. The van der Waals surface area contributed by atoms with Crippen LogP contribution in [0.15, 0.2) is 0 Å². The average Bonchev–Trinajstić information content (AvgIpc) is 2.22. The zero-order chi connectivity index (χ0) is 11.4. The van der Waals surface area contributed by atoms with Gasteiger partial charge in [0.2, 0.25) is 0 Å². The fourth-order valence-corrected chi connectivity index (χ4v) is 2.29. The molecule has 0 aromatic rings. The van der Waals surface area contributed by atoms with Crippen molar-refractivity contribution >= 4 is 22.9 Å². The first-order chi connectivity index (χ1) is 7.31. The molecule has 2 nitrogen and oxygen atoms in total. The van der Waals surface area contributed by atoms with E-state index in [1.54, 1.807) is 0 Å². The third kappa shape index (κ3) is 12.6. The van der Waals surface area contributed by atoms with Crippen LogP contribution in [0.2, 0.25) is 0 Å². The molecule has 0 rings (SSSR count). The van der Waals surface area contributed by atoms with Gasteiger partial charge in [-0.15, -0.1) is 0 Å². The van der Waals surface area contributed by atoms with Crippen molar-refractivity contribution in [3.8, 4) is 0 Å². The van der Waals surface area contributed by atoms with Crippen LogP contribution >= 0.6 is 22.9 Å². The molecule has 0 atom stereocenters. The van der Waals surface area contributed by atoms with Gasteiger partial charge in [-0.05, 0) is 6.42 Å². The van der Waals surface area contributed by atoms with Crippen LogP contribution in [0.1, 0.15) is 58.3 Å². The Balaban J connectivity index is 2.98. The van der Waals surface area contributed by atoms with Crippen molar-refractivity contribution in [1.82, 2.24) is 3.11 Å². The normalized spacial score (nSPS) is 11.2. The number of unbranched alkanes of at least 4 members (excludes halogenated alkanes) is 7. The second kappa shape index (κ2) is 12.7. The highest BCUT2D eigenvalue weighted by Gasteiger charge is 1.97. The van der Waals surface area contributed by atoms with E-state index in [-0.39, 0.29) is 0 Å². The lowest BCUT2D eigenvalue weighted by Crippen LogP contribution is -2.21. The van der Waals surface area contributed by atoms with Crippen molar-refractivity contribution in [2.45, 2.75) is 58.3 Å². The zero-order valence-electron chi connectivity index (χ0n) is 10.2. The van der Waals surface area contributed by atoms with Crippen molar-refractivity contribution in [3.05, 3.63) is 0 Å². The maximum absolute atomic E-state index is 5.48. The minimum atomic E-state index is 0.778. The Morgan fingerprint density at radius 3 is 1.93 bits per heavy atom. The lowest BCUT2D eigenvalue weighted by molar-refractivity contribution is 0.479. The van der Waals surface area contributed by atoms with Crippen LogP contribution in [-0.4, -0.2) is 22.7 Å². The maximum atomic E-state index is 5.48. The predicted molar refractivity (Wildman–Crippen MR) is 77.3 cm³/mol. The van der Waals surface area contributed by atoms with Gasteiger partial charge in [-0.3, -0.25) is 0 Å². The molecule has 0 unspecified atom stereocenters. The number of nitrogens with zero attached hydrogens (tertiary/aromatic N) is 1. The predicted octanol–water partition coefficient (Wildman–Crippen LogP) is 3.74. The second-order valence-electron chi connectivity index (χ2n) is 4.17. The largest absolute Gasteiger partial charge is 0.329 e. The summed E-state index contributed by atoms with van der Waals surface area (Å²) < 4.78 is 2.30. The van der Waals surface area contributed by atoms with Gasteiger partial charge in [0, 0.05) is 42.5 Å². The molecule has 2 N–H and O–H groups in total. The van der Waals surface area contributed by atoms with Gasteiger partial charge in [0.15, 0.2) is 0 Å². The van der Waals surface area contributed by atoms with Crippen LogP contribution in [0, 0.1) is 0 Å². The van der Waals surface area contributed by atoms with Gasteiger partial charge >= 0.3 is 0 Å². The topological polar surface area (TPSA) is 29.3 Å². The van der Waals surface area contributed by atoms with E-state index >= 15 is 0 Å². The molecular formula is C12H27IN2. The van der Waals surface area contributed by atoms with E-state index in [0.29, 0.717) is 0 Å². The SMILES string of the molecule is CCCCCCCCCCN(I)CCN. The first kappa shape index (κ1) is 15.7. The van der Waals surface area contributed by atoms with Crippen LogP contribution in [-0.2, 0) is 0 Å². The molecule has 0 aromatic carbocycles. The highest BCUT2D eigenvalue weighted by molar-refractivity contribution is 14.1. The fraction of sp³-hybridized carbons (Fsp3) is 1.00. The number of halogens is 1. The number of hydrogen-bond donors (Lipinski definition) is 1. The highest BCUT2D eigenvalue weighted by atomic mass is 127. The molecule has 0 heterocycles. The van der Waals surface area contributed by atoms with Crippen LogP contribution in [0.5, 0.6) is 0 Å². The molecule has 0 aliphatic rings. The summed E-state index contributed by atoms with van der Waals surface area (Å²) in [5.41, 5.74) is 5.48. The fourth-order valence-electron chi connectivity index (χ4n) is 1.67. The minimum absolute atomic E-state index is 0.778. The molecule has 0 amide bonds. The van der Waals surface area contributed by atoms with Gasteiger partial charge in [-0.25, -0.2) is 3.11 Å². The molecular weight excluding hydrogens is 299 g/mol. The minimum Gasteiger partial charge on any atom is -0.329 e. The Hall–Kier alpha value is 0.650. The molecule has 0 spiro atoms. The Kier molecular flexibility index (Phi) is 13.3. The van der Waals surface area contributed by atoms with Crippen molar-refractivity contribution in [2.24, 2.45) is 5.73 Å². The van der Waals surface area contributed by atoms with Crippen LogP contribution in [0.25, 0.3) is 0 Å². The summed E-state index contributed by atoms with van der Waals surface area (Å²) in [5.74, 6) is 0. The van der Waals surface area contributed by atoms with E-state index in [9.17, 15) is 0 Å². The Morgan fingerprint density at radius 2 is 1.40 bits per heavy atom. The van der Waals surface area contributed by atoms with E-state index in [1.807, 2.05) is 0 Å². The molecule has 0 aliphatic heterocycles. The van der Waals surface area contributed by atoms with Crippen molar-refractivity contribution < 1.29 is 0 Å². The van der Waals surface area contributed by atoms with Crippen molar-refractivity contribution in [3.63, 3.8) is 0 Å². The van der Waals surface area contributed by atoms with E-state index in [2.05, 4.69) is 32.9 Å². The maximum Gasteiger partial charge on any atom is 0.0204 e. The molecule has 0 bridgehead atoms. The molecule has 0 aliphatic carbocycles. The van der Waals surface area contributed by atoms with E-state index in [0.717, 1.165) is 13.1 Å². The molecule has 15 heavy (non-hydrogen) atoms. The lowest BCUT2D eigenvalue weighted by atomic mass is 10.1. The van der Waals surface area contributed by atoms with Gasteiger partial charge < -0.3 is 5.73 Å². The van der Waals surface area contributed by atoms with E-state index in [4.69, 9.17) is 5.73 Å². The quantitative estimate of drug-likeness (QED) is 0.356. The number of hydrogen-bond acceptors (Lipinski definition) is 2. The number of rotatable bonds is 11. The third-order valence-electron chi connectivity index (χ3n) is 2.63. The summed E-state index contributed by atoms with van der Waals surface area (Å²) >= 11 is 2.37. The molecule has 92 valence electrons. The van der Waals surface area contributed by atoms with Gasteiger partial charge in [0.25, 0.3) is 0 Å². The van der Waals surface area contributed by atoms with Crippen molar-refractivity contribution in [2.75, 3.05) is 19.6 Å². The summed E-state index contributed by atoms with van der Waals surface area (Å²) in [4.78, 5) is 0. The Bertz CT molecular complexity index is 120. The molecule has 0 saturated heterocycles. The standard InChI is InChI=1S/C12H27IN2/c1-2-3-4-5-6-7-8-9-11-15(13)12-10-14/h2-12,14H2,1H3. The molecule has 0 fully saturated rings. The molecule has 0 saturated carbocycles. The smallest absolute Gasteiger partial charge is 0.0204 e. The molecule has 3 heteroatoms. The summed E-state index contributed by atoms with van der Waals surface area (Å²) in [5, 5.41) is 0. The second-order valence-corrected chi connectivity index (χ2v) is 5.54. The van der Waals surface area contributed by atoms with E-state index < -0.39 is 0 Å². The van der Waals surface area contributed by atoms with Crippen molar-refractivity contribution in [1.29, 1.82) is 0 Å². The number of nitrogens with two attached hydrogens (primary N) is 1. The molecule has 0 aromatic heterocycles. The first-order valence-corrected chi connectivity index (χ1v) is 7.38. The van der Waals surface area contributed by atoms with E-state index in [1.165, 1.54) is 57.9 Å². The summed E-state index contributed by atoms with van der Waals surface area (Å²) in [6, 6.07) is 0. The van der Waals surface area contributed by atoms with Crippen LogP contribution in [0.3, 0.4) is 0 Å². The highest BCUT2D eigenvalue weighted by Crippen LogP contribution is 2.09. The first-order valence-electron chi connectivity index (χ1n) is 6.42. The van der Waals surface area contributed by atoms with Crippen LogP contribution in [0.4, 0.5) is 0 Å². The van der Waals surface area contributed by atoms with Gasteiger partial charge in [-0.2, -0.15) is 0 Å². The van der Waals surface area contributed by atoms with Gasteiger partial charge in [-0.1, -0.05) is 51.9 Å². The summed E-state index contributed by atoms with van der Waals surface area (Å²) in [7, 11) is 0. The van der Waals surface area contributed by atoms with Crippen LogP contribution < -0.4 is 5.73 Å². The summed E-state index contributed by atoms with van der Waals surface area (Å²) in [6.07, 6.45) is 11.2. The Labute approximate surface area is 109 Å². The van der Waals surface area contributed by atoms with Gasteiger partial charge in [0.05, 0.1) is 0 Å². The summed E-state index contributed by atoms with van der Waals surface area (Å²) in [6.45, 7) is 5.27. The molecule has 0 radical (unpaired) electrons. The average molecular weight is 326 g/mol. The lowest BCUT2D eigenvalue weighted by Gasteiger charge is -2.12. The zero-order valence-corrected chi connectivity index (χ0v) is 12.3. The third-order valence-corrected chi connectivity index (χ3v) is 3.59. The Morgan fingerprint density at radius 1 is 0.867 bits per heavy atom.